The predicted octanol–water partition coefficient (Wildman–Crippen LogP) is 1.24. The van der Waals surface area contributed by atoms with E-state index in [9.17, 15) is 5.11 Å². The molecule has 5 heteroatoms. The summed E-state index contributed by atoms with van der Waals surface area (Å²) in [4.78, 5) is 0. The zero-order chi connectivity index (χ0) is 15.5. The quantitative estimate of drug-likeness (QED) is 0.602. The van der Waals surface area contributed by atoms with Gasteiger partial charge < -0.3 is 24.6 Å². The number of hydrogen-bond acceptors (Lipinski definition) is 5. The van der Waals surface area contributed by atoms with Crippen LogP contribution >= 0.6 is 0 Å². The van der Waals surface area contributed by atoms with Crippen LogP contribution in [-0.2, 0) is 15.9 Å². The summed E-state index contributed by atoms with van der Waals surface area (Å²) in [6, 6.07) is 8.00. The molecule has 0 aromatic heterocycles. The fourth-order valence-corrected chi connectivity index (χ4v) is 1.91. The monoisotopic (exact) mass is 297 g/mol. The van der Waals surface area contributed by atoms with Gasteiger partial charge in [-0.2, -0.15) is 0 Å². The van der Waals surface area contributed by atoms with Crippen molar-refractivity contribution < 1.29 is 19.3 Å². The topological polar surface area (TPSA) is 60.0 Å². The van der Waals surface area contributed by atoms with E-state index in [4.69, 9.17) is 14.2 Å². The van der Waals surface area contributed by atoms with Crippen LogP contribution in [-0.4, -0.2) is 57.8 Å². The Balaban J connectivity index is 2.09. The third kappa shape index (κ3) is 8.02. The van der Waals surface area contributed by atoms with E-state index in [0.29, 0.717) is 19.8 Å². The highest BCUT2D eigenvalue weighted by Gasteiger charge is 2.07. The molecule has 0 spiro atoms. The number of aliphatic hydroxyl groups excluding tert-OH is 1. The van der Waals surface area contributed by atoms with Crippen molar-refractivity contribution in [3.63, 3.8) is 0 Å². The van der Waals surface area contributed by atoms with E-state index in [0.717, 1.165) is 18.7 Å². The lowest BCUT2D eigenvalue weighted by atomic mass is 10.1. The smallest absolute Gasteiger partial charge is 0.118 e. The van der Waals surface area contributed by atoms with Gasteiger partial charge in [-0.15, -0.1) is 0 Å². The molecule has 0 aliphatic heterocycles. The summed E-state index contributed by atoms with van der Waals surface area (Å²) in [7, 11) is 3.30. The van der Waals surface area contributed by atoms with E-state index in [2.05, 4.69) is 5.32 Å². The molecular weight excluding hydrogens is 270 g/mol. The lowest BCUT2D eigenvalue weighted by Gasteiger charge is -2.16. The summed E-state index contributed by atoms with van der Waals surface area (Å²) in [6.07, 6.45) is 0.418. The van der Waals surface area contributed by atoms with Gasteiger partial charge in [-0.25, -0.2) is 0 Å². The van der Waals surface area contributed by atoms with E-state index in [1.807, 2.05) is 31.2 Å². The second kappa shape index (κ2) is 10.6. The molecule has 0 fully saturated rings. The minimum atomic E-state index is -0.500. The molecular formula is C16H27NO4. The Morgan fingerprint density at radius 2 is 1.86 bits per heavy atom. The molecule has 21 heavy (non-hydrogen) atoms. The second-order valence-corrected chi connectivity index (χ2v) is 5.06. The van der Waals surface area contributed by atoms with Crippen molar-refractivity contribution in [2.75, 3.05) is 40.5 Å². The number of ether oxygens (including phenoxy) is 3. The number of hydrogen-bond donors (Lipinski definition) is 2. The molecule has 0 aliphatic carbocycles. The summed E-state index contributed by atoms with van der Waals surface area (Å²) in [5, 5.41) is 13.0. The van der Waals surface area contributed by atoms with Gasteiger partial charge in [0, 0.05) is 13.7 Å². The van der Waals surface area contributed by atoms with Gasteiger partial charge in [-0.1, -0.05) is 12.1 Å². The molecule has 5 nitrogen and oxygen atoms in total. The summed E-state index contributed by atoms with van der Waals surface area (Å²) in [6.45, 7) is 4.12. The number of nitrogens with one attached hydrogen (secondary N) is 1. The van der Waals surface area contributed by atoms with Crippen molar-refractivity contribution in [3.8, 4) is 5.75 Å². The Morgan fingerprint density at radius 1 is 1.14 bits per heavy atom. The van der Waals surface area contributed by atoms with Crippen molar-refractivity contribution in [1.82, 2.24) is 5.32 Å². The Bertz CT molecular complexity index is 369. The molecule has 0 heterocycles. The molecule has 0 amide bonds. The van der Waals surface area contributed by atoms with Crippen LogP contribution in [0.5, 0.6) is 5.75 Å². The van der Waals surface area contributed by atoms with Crippen LogP contribution in [0.2, 0.25) is 0 Å². The van der Waals surface area contributed by atoms with Crippen LogP contribution in [0.3, 0.4) is 0 Å². The first-order valence-electron chi connectivity index (χ1n) is 7.28. The van der Waals surface area contributed by atoms with Crippen molar-refractivity contribution in [1.29, 1.82) is 0 Å². The maximum atomic E-state index is 9.79. The highest BCUT2D eigenvalue weighted by atomic mass is 16.5. The summed E-state index contributed by atoms with van der Waals surface area (Å²) < 4.78 is 15.5. The van der Waals surface area contributed by atoms with Crippen LogP contribution in [0.25, 0.3) is 0 Å². The molecule has 0 aliphatic rings. The van der Waals surface area contributed by atoms with E-state index in [1.54, 1.807) is 14.2 Å². The molecule has 2 N–H and O–H groups in total. The van der Waals surface area contributed by atoms with Crippen LogP contribution in [0, 0.1) is 0 Å². The number of aliphatic hydroxyl groups is 1. The van der Waals surface area contributed by atoms with Crippen molar-refractivity contribution >= 4 is 0 Å². The normalized spacial score (nSPS) is 13.9. The lowest BCUT2D eigenvalue weighted by molar-refractivity contribution is -0.0310. The van der Waals surface area contributed by atoms with Gasteiger partial charge in [0.05, 0.1) is 32.5 Å². The summed E-state index contributed by atoms with van der Waals surface area (Å²) >= 11 is 0. The summed E-state index contributed by atoms with van der Waals surface area (Å²) in [5.74, 6) is 0.865. The third-order valence-electron chi connectivity index (χ3n) is 3.10. The van der Waals surface area contributed by atoms with E-state index < -0.39 is 6.10 Å². The Kier molecular flexibility index (Phi) is 9.01. The predicted molar refractivity (Wildman–Crippen MR) is 82.9 cm³/mol. The maximum absolute atomic E-state index is 9.79. The van der Waals surface area contributed by atoms with Gasteiger partial charge >= 0.3 is 0 Å². The summed E-state index contributed by atoms with van der Waals surface area (Å²) in [5.41, 5.74) is 1.24. The van der Waals surface area contributed by atoms with Gasteiger partial charge in [0.15, 0.2) is 0 Å². The molecule has 120 valence electrons. The fraction of sp³-hybridized carbons (Fsp3) is 0.625. The minimum absolute atomic E-state index is 0.00366. The van der Waals surface area contributed by atoms with Crippen LogP contribution in [0.15, 0.2) is 24.3 Å². The largest absolute Gasteiger partial charge is 0.497 e. The van der Waals surface area contributed by atoms with E-state index in [1.165, 1.54) is 5.56 Å². The van der Waals surface area contributed by atoms with Crippen LogP contribution in [0.1, 0.15) is 12.5 Å². The first-order chi connectivity index (χ1) is 10.2. The molecule has 1 aromatic carbocycles. The molecule has 2 atom stereocenters. The number of rotatable bonds is 11. The lowest BCUT2D eigenvalue weighted by Crippen LogP contribution is -2.33. The molecule has 0 radical (unpaired) electrons. The van der Waals surface area contributed by atoms with Gasteiger partial charge in [0.1, 0.15) is 5.75 Å². The molecule has 0 bridgehead atoms. The molecule has 1 aromatic rings. The van der Waals surface area contributed by atoms with Crippen molar-refractivity contribution in [3.05, 3.63) is 29.8 Å². The second-order valence-electron chi connectivity index (χ2n) is 5.06. The number of benzene rings is 1. The van der Waals surface area contributed by atoms with Crippen molar-refractivity contribution in [2.45, 2.75) is 25.6 Å². The van der Waals surface area contributed by atoms with Crippen LogP contribution in [0.4, 0.5) is 0 Å². The average Bonchev–Trinajstić information content (AvgIpc) is 2.50. The highest BCUT2D eigenvalue weighted by molar-refractivity contribution is 5.27. The van der Waals surface area contributed by atoms with Gasteiger partial charge in [0.25, 0.3) is 0 Å². The van der Waals surface area contributed by atoms with E-state index >= 15 is 0 Å². The first-order valence-corrected chi connectivity index (χ1v) is 7.28. The van der Waals surface area contributed by atoms with E-state index in [-0.39, 0.29) is 6.10 Å². The average molecular weight is 297 g/mol. The molecule has 0 saturated carbocycles. The Labute approximate surface area is 127 Å². The van der Waals surface area contributed by atoms with Gasteiger partial charge in [-0.05, 0) is 37.6 Å². The van der Waals surface area contributed by atoms with Crippen molar-refractivity contribution in [2.24, 2.45) is 0 Å². The molecule has 2 unspecified atom stereocenters. The SMILES string of the molecule is COCC(C)OCC(O)CNCCc1ccc(OC)cc1. The fourth-order valence-electron chi connectivity index (χ4n) is 1.91. The Morgan fingerprint density at radius 3 is 2.48 bits per heavy atom. The Hall–Kier alpha value is -1.14. The standard InChI is InChI=1S/C16H27NO4/c1-13(11-19-2)21-12-15(18)10-17-9-8-14-4-6-16(20-3)7-5-14/h4-7,13,15,17-18H,8-12H2,1-3H3. The molecule has 0 saturated heterocycles. The van der Waals surface area contributed by atoms with Gasteiger partial charge in [0.2, 0.25) is 0 Å². The zero-order valence-corrected chi connectivity index (χ0v) is 13.2. The first kappa shape index (κ1) is 17.9. The molecule has 1 rings (SSSR count). The maximum Gasteiger partial charge on any atom is 0.118 e. The zero-order valence-electron chi connectivity index (χ0n) is 13.2. The van der Waals surface area contributed by atoms with Crippen LogP contribution < -0.4 is 10.1 Å². The van der Waals surface area contributed by atoms with Gasteiger partial charge in [-0.3, -0.25) is 0 Å². The minimum Gasteiger partial charge on any atom is -0.497 e. The highest BCUT2D eigenvalue weighted by Crippen LogP contribution is 2.11. The third-order valence-corrected chi connectivity index (χ3v) is 3.10. The number of methoxy groups -OCH3 is 2.